The van der Waals surface area contributed by atoms with Crippen molar-refractivity contribution in [3.05, 3.63) is 0 Å². The van der Waals surface area contributed by atoms with Gasteiger partial charge >= 0.3 is 5.97 Å². The van der Waals surface area contributed by atoms with Gasteiger partial charge in [0.05, 0.1) is 5.92 Å². The Hall–Kier alpha value is -0.970. The van der Waals surface area contributed by atoms with Gasteiger partial charge in [0.25, 0.3) is 0 Å². The van der Waals surface area contributed by atoms with E-state index < -0.39 is 11.4 Å². The normalized spacial score (nSPS) is 19.8. The van der Waals surface area contributed by atoms with E-state index in [1.165, 1.54) is 0 Å². The van der Waals surface area contributed by atoms with Crippen LogP contribution in [0.1, 0.15) is 26.7 Å². The lowest BCUT2D eigenvalue weighted by molar-refractivity contribution is -0.145. The molecule has 0 aromatic carbocycles. The van der Waals surface area contributed by atoms with Crippen LogP contribution in [0.4, 0.5) is 0 Å². The maximum Gasteiger partial charge on any atom is 0.308 e. The summed E-state index contributed by atoms with van der Waals surface area (Å²) in [4.78, 5) is 10.9. The average Bonchev–Trinajstić information content (AvgIpc) is 2.70. The van der Waals surface area contributed by atoms with Crippen LogP contribution in [0.25, 0.3) is 0 Å². The molecule has 2 nitrogen and oxygen atoms in total. The predicted octanol–water partition coefficient (Wildman–Crippen LogP) is 1.76. The molecular weight excluding hydrogens is 152 g/mol. The molecule has 0 aromatic heterocycles. The van der Waals surface area contributed by atoms with Gasteiger partial charge in [0, 0.05) is 5.41 Å². The van der Waals surface area contributed by atoms with Gasteiger partial charge in [-0.1, -0.05) is 5.92 Å². The number of rotatable bonds is 3. The van der Waals surface area contributed by atoms with Gasteiger partial charge in [0.2, 0.25) is 0 Å². The summed E-state index contributed by atoms with van der Waals surface area (Å²) >= 11 is 0. The smallest absolute Gasteiger partial charge is 0.308 e. The Kier molecular flexibility index (Phi) is 2.14. The van der Waals surface area contributed by atoms with Gasteiger partial charge in [-0.15, -0.1) is 6.42 Å². The zero-order valence-corrected chi connectivity index (χ0v) is 7.50. The molecule has 1 saturated carbocycles. The van der Waals surface area contributed by atoms with E-state index >= 15 is 0 Å². The van der Waals surface area contributed by atoms with Crippen molar-refractivity contribution < 1.29 is 9.90 Å². The summed E-state index contributed by atoms with van der Waals surface area (Å²) in [6.07, 6.45) is 7.33. The molecule has 0 amide bonds. The summed E-state index contributed by atoms with van der Waals surface area (Å²) in [6, 6.07) is 0. The van der Waals surface area contributed by atoms with Crippen molar-refractivity contribution in [3.63, 3.8) is 0 Å². The van der Waals surface area contributed by atoms with Gasteiger partial charge in [-0.2, -0.15) is 0 Å². The Bertz CT molecular complexity index is 231. The lowest BCUT2D eigenvalue weighted by Gasteiger charge is -2.25. The Balaban J connectivity index is 2.79. The fourth-order valence-electron chi connectivity index (χ4n) is 1.62. The first-order valence-corrected chi connectivity index (χ1v) is 4.19. The topological polar surface area (TPSA) is 37.3 Å². The maximum atomic E-state index is 10.9. The molecule has 12 heavy (non-hydrogen) atoms. The van der Waals surface area contributed by atoms with Crippen LogP contribution in [0.3, 0.4) is 0 Å². The Morgan fingerprint density at radius 2 is 2.17 bits per heavy atom. The number of carboxylic acid groups (broad SMARTS) is 1. The molecule has 1 aliphatic carbocycles. The second-order valence-corrected chi connectivity index (χ2v) is 4.02. The summed E-state index contributed by atoms with van der Waals surface area (Å²) in [5, 5.41) is 8.95. The van der Waals surface area contributed by atoms with E-state index in [9.17, 15) is 4.79 Å². The fourth-order valence-corrected chi connectivity index (χ4v) is 1.62. The monoisotopic (exact) mass is 166 g/mol. The van der Waals surface area contributed by atoms with Crippen molar-refractivity contribution in [1.82, 2.24) is 0 Å². The standard InChI is InChI=1S/C10H14O2/c1-4-10(2,3)8(9(11)12)7-5-6-7/h1,7-8H,5-6H2,2-3H3,(H,11,12). The molecule has 1 rings (SSSR count). The SMILES string of the molecule is C#CC(C)(C)C(C(=O)O)C1CC1. The molecule has 0 bridgehead atoms. The maximum absolute atomic E-state index is 10.9. The highest BCUT2D eigenvalue weighted by atomic mass is 16.4. The first-order chi connectivity index (χ1) is 5.49. The highest BCUT2D eigenvalue weighted by Crippen LogP contribution is 2.45. The van der Waals surface area contributed by atoms with E-state index in [0.29, 0.717) is 5.92 Å². The number of carbonyl (C=O) groups is 1. The largest absolute Gasteiger partial charge is 0.481 e. The second kappa shape index (κ2) is 2.82. The van der Waals surface area contributed by atoms with Gasteiger partial charge in [-0.3, -0.25) is 4.79 Å². The van der Waals surface area contributed by atoms with Crippen LogP contribution in [-0.4, -0.2) is 11.1 Å². The van der Waals surface area contributed by atoms with E-state index in [-0.39, 0.29) is 5.92 Å². The van der Waals surface area contributed by atoms with Gasteiger partial charge < -0.3 is 5.11 Å². The number of carboxylic acids is 1. The number of terminal acetylenes is 1. The van der Waals surface area contributed by atoms with E-state index in [4.69, 9.17) is 11.5 Å². The van der Waals surface area contributed by atoms with Crippen molar-refractivity contribution >= 4 is 5.97 Å². The molecule has 0 heterocycles. The van der Waals surface area contributed by atoms with E-state index in [2.05, 4.69) is 5.92 Å². The van der Waals surface area contributed by atoms with Gasteiger partial charge in [0.1, 0.15) is 0 Å². The van der Waals surface area contributed by atoms with Crippen molar-refractivity contribution in [2.75, 3.05) is 0 Å². The van der Waals surface area contributed by atoms with Gasteiger partial charge in [-0.25, -0.2) is 0 Å². The van der Waals surface area contributed by atoms with Crippen LogP contribution in [0.5, 0.6) is 0 Å². The predicted molar refractivity (Wildman–Crippen MR) is 46.5 cm³/mol. The zero-order chi connectivity index (χ0) is 9.35. The molecule has 66 valence electrons. The minimum Gasteiger partial charge on any atom is -0.481 e. The summed E-state index contributed by atoms with van der Waals surface area (Å²) in [6.45, 7) is 3.65. The first-order valence-electron chi connectivity index (χ1n) is 4.19. The lowest BCUT2D eigenvalue weighted by Crippen LogP contribution is -2.31. The number of hydrogen-bond acceptors (Lipinski definition) is 1. The molecule has 1 unspecified atom stereocenters. The summed E-state index contributed by atoms with van der Waals surface area (Å²) in [5.41, 5.74) is -0.507. The summed E-state index contributed by atoms with van der Waals surface area (Å²) in [5.74, 6) is 1.77. The molecule has 0 spiro atoms. The van der Waals surface area contributed by atoms with Crippen molar-refractivity contribution in [2.24, 2.45) is 17.3 Å². The molecular formula is C10H14O2. The Morgan fingerprint density at radius 1 is 1.67 bits per heavy atom. The molecule has 0 radical (unpaired) electrons. The molecule has 0 aromatic rings. The first kappa shape index (κ1) is 9.12. The highest BCUT2D eigenvalue weighted by molar-refractivity contribution is 5.72. The second-order valence-electron chi connectivity index (χ2n) is 4.02. The minimum atomic E-state index is -0.750. The third kappa shape index (κ3) is 1.61. The van der Waals surface area contributed by atoms with Crippen LogP contribution in [-0.2, 0) is 4.79 Å². The Morgan fingerprint density at radius 3 is 2.42 bits per heavy atom. The van der Waals surface area contributed by atoms with Crippen molar-refractivity contribution in [1.29, 1.82) is 0 Å². The number of aliphatic carboxylic acids is 1. The van der Waals surface area contributed by atoms with Gasteiger partial charge in [0.15, 0.2) is 0 Å². The molecule has 1 aliphatic rings. The quantitative estimate of drug-likeness (QED) is 0.648. The van der Waals surface area contributed by atoms with Gasteiger partial charge in [-0.05, 0) is 32.6 Å². The summed E-state index contributed by atoms with van der Waals surface area (Å²) < 4.78 is 0. The molecule has 1 N–H and O–H groups in total. The minimum absolute atomic E-state index is 0.313. The molecule has 0 aliphatic heterocycles. The number of hydrogen-bond donors (Lipinski definition) is 1. The third-order valence-corrected chi connectivity index (χ3v) is 2.51. The van der Waals surface area contributed by atoms with Crippen LogP contribution in [0.15, 0.2) is 0 Å². The van der Waals surface area contributed by atoms with E-state index in [1.54, 1.807) is 0 Å². The van der Waals surface area contributed by atoms with Crippen LogP contribution in [0, 0.1) is 29.6 Å². The van der Waals surface area contributed by atoms with E-state index in [0.717, 1.165) is 12.8 Å². The highest BCUT2D eigenvalue weighted by Gasteiger charge is 2.44. The lowest BCUT2D eigenvalue weighted by atomic mass is 9.77. The third-order valence-electron chi connectivity index (χ3n) is 2.51. The van der Waals surface area contributed by atoms with Crippen LogP contribution < -0.4 is 0 Å². The average molecular weight is 166 g/mol. The fraction of sp³-hybridized carbons (Fsp3) is 0.700. The van der Waals surface area contributed by atoms with Crippen molar-refractivity contribution in [3.8, 4) is 12.3 Å². The van der Waals surface area contributed by atoms with E-state index in [1.807, 2.05) is 13.8 Å². The van der Waals surface area contributed by atoms with Crippen LogP contribution >= 0.6 is 0 Å². The zero-order valence-electron chi connectivity index (χ0n) is 7.50. The summed E-state index contributed by atoms with van der Waals surface area (Å²) in [7, 11) is 0. The molecule has 1 fully saturated rings. The molecule has 1 atom stereocenters. The molecule has 0 saturated heterocycles. The Labute approximate surface area is 73.0 Å². The molecule has 2 heteroatoms. The van der Waals surface area contributed by atoms with Crippen molar-refractivity contribution in [2.45, 2.75) is 26.7 Å². The van der Waals surface area contributed by atoms with Crippen LogP contribution in [0.2, 0.25) is 0 Å².